The number of urea groups is 1. The van der Waals surface area contributed by atoms with Gasteiger partial charge >= 0.3 is 6.03 Å². The highest BCUT2D eigenvalue weighted by Gasteiger charge is 2.52. The van der Waals surface area contributed by atoms with Crippen molar-refractivity contribution >= 4 is 29.4 Å². The predicted octanol–water partition coefficient (Wildman–Crippen LogP) is 2.61. The predicted molar refractivity (Wildman–Crippen MR) is 113 cm³/mol. The lowest BCUT2D eigenvalue weighted by Gasteiger charge is -2.33. The maximum absolute atomic E-state index is 12.8. The number of carbonyl (C=O) groups excluding carboxylic acids is 4. The van der Waals surface area contributed by atoms with E-state index in [0.717, 1.165) is 17.7 Å². The van der Waals surface area contributed by atoms with Crippen LogP contribution in [0.5, 0.6) is 0 Å². The highest BCUT2D eigenvalue weighted by atomic mass is 16.2. The standard InChI is InChI=1S/C22H30N4O4/c1-4-25(5-2)19(28)16-6-8-17(9-7-16)23-18(27)14-26-20(29)22(24-21(26)30)12-10-15(3)11-13-22/h6-9,15H,4-5,10-14H2,1-3H3,(H,23,27)(H,24,30). The molecule has 1 saturated carbocycles. The molecule has 2 aliphatic rings. The van der Waals surface area contributed by atoms with Crippen LogP contribution in [-0.4, -0.2) is 58.7 Å². The summed E-state index contributed by atoms with van der Waals surface area (Å²) in [5.74, 6) is -0.296. The molecule has 0 aromatic heterocycles. The number of hydrogen-bond donors (Lipinski definition) is 2. The van der Waals surface area contributed by atoms with Crippen LogP contribution >= 0.6 is 0 Å². The highest BCUT2D eigenvalue weighted by Crippen LogP contribution is 2.36. The first-order valence-corrected chi connectivity index (χ1v) is 10.6. The van der Waals surface area contributed by atoms with Crippen molar-refractivity contribution in [2.45, 2.75) is 52.0 Å². The second-order valence-electron chi connectivity index (χ2n) is 8.19. The molecule has 2 fully saturated rings. The number of imide groups is 1. The normalized spacial score (nSPS) is 23.4. The van der Waals surface area contributed by atoms with Gasteiger partial charge in [0, 0.05) is 24.3 Å². The van der Waals surface area contributed by atoms with Gasteiger partial charge in [-0.1, -0.05) is 6.92 Å². The van der Waals surface area contributed by atoms with Crippen molar-refractivity contribution in [1.82, 2.24) is 15.1 Å². The van der Waals surface area contributed by atoms with Crippen molar-refractivity contribution in [2.24, 2.45) is 5.92 Å². The molecular weight excluding hydrogens is 384 g/mol. The van der Waals surface area contributed by atoms with Crippen LogP contribution in [0, 0.1) is 5.92 Å². The Balaban J connectivity index is 1.60. The van der Waals surface area contributed by atoms with E-state index in [0.29, 0.717) is 43.1 Å². The lowest BCUT2D eigenvalue weighted by Crippen LogP contribution is -2.49. The molecular formula is C22H30N4O4. The Bertz CT molecular complexity index is 824. The molecule has 2 N–H and O–H groups in total. The molecule has 1 aromatic rings. The van der Waals surface area contributed by atoms with Crippen molar-refractivity contribution in [3.63, 3.8) is 0 Å². The Morgan fingerprint density at radius 2 is 1.73 bits per heavy atom. The second kappa shape index (κ2) is 8.85. The van der Waals surface area contributed by atoms with Gasteiger partial charge in [0.15, 0.2) is 0 Å². The summed E-state index contributed by atoms with van der Waals surface area (Å²) >= 11 is 0. The van der Waals surface area contributed by atoms with E-state index in [4.69, 9.17) is 0 Å². The van der Waals surface area contributed by atoms with E-state index in [1.54, 1.807) is 29.2 Å². The van der Waals surface area contributed by atoms with E-state index in [9.17, 15) is 19.2 Å². The van der Waals surface area contributed by atoms with Gasteiger partial charge in [-0.25, -0.2) is 4.79 Å². The smallest absolute Gasteiger partial charge is 0.325 e. The van der Waals surface area contributed by atoms with E-state index in [2.05, 4.69) is 17.6 Å². The van der Waals surface area contributed by atoms with Crippen LogP contribution in [0.2, 0.25) is 0 Å². The quantitative estimate of drug-likeness (QED) is 0.699. The Hall–Kier alpha value is -2.90. The maximum Gasteiger partial charge on any atom is 0.325 e. The number of nitrogens with one attached hydrogen (secondary N) is 2. The third-order valence-corrected chi connectivity index (χ3v) is 6.14. The summed E-state index contributed by atoms with van der Waals surface area (Å²) in [7, 11) is 0. The molecule has 8 heteroatoms. The minimum absolute atomic E-state index is 0.0655. The molecule has 5 amide bonds. The Kier molecular flexibility index (Phi) is 6.43. The summed E-state index contributed by atoms with van der Waals surface area (Å²) in [6.45, 7) is 6.90. The van der Waals surface area contributed by atoms with Gasteiger partial charge in [0.2, 0.25) is 5.91 Å². The second-order valence-corrected chi connectivity index (χ2v) is 8.19. The number of rotatable bonds is 6. The molecule has 3 rings (SSSR count). The van der Waals surface area contributed by atoms with Gasteiger partial charge in [-0.2, -0.15) is 0 Å². The summed E-state index contributed by atoms with van der Waals surface area (Å²) in [6, 6.07) is 6.09. The van der Waals surface area contributed by atoms with Crippen molar-refractivity contribution < 1.29 is 19.2 Å². The van der Waals surface area contributed by atoms with E-state index in [1.807, 2.05) is 13.8 Å². The summed E-state index contributed by atoms with van der Waals surface area (Å²) < 4.78 is 0. The summed E-state index contributed by atoms with van der Waals surface area (Å²) in [5.41, 5.74) is 0.194. The third-order valence-electron chi connectivity index (χ3n) is 6.14. The Morgan fingerprint density at radius 3 is 2.30 bits per heavy atom. The number of nitrogens with zero attached hydrogens (tertiary/aromatic N) is 2. The van der Waals surface area contributed by atoms with Crippen LogP contribution in [0.1, 0.15) is 56.8 Å². The van der Waals surface area contributed by atoms with Crippen molar-refractivity contribution in [3.05, 3.63) is 29.8 Å². The summed E-state index contributed by atoms with van der Waals surface area (Å²) in [5, 5.41) is 5.51. The molecule has 0 radical (unpaired) electrons. The van der Waals surface area contributed by atoms with Gasteiger partial charge < -0.3 is 15.5 Å². The summed E-state index contributed by atoms with van der Waals surface area (Å²) in [6.07, 6.45) is 2.98. The average Bonchev–Trinajstić information content (AvgIpc) is 2.96. The van der Waals surface area contributed by atoms with Gasteiger partial charge in [-0.15, -0.1) is 0 Å². The van der Waals surface area contributed by atoms with Crippen molar-refractivity contribution in [2.75, 3.05) is 25.0 Å². The minimum atomic E-state index is -0.851. The first-order chi connectivity index (χ1) is 14.3. The molecule has 1 saturated heterocycles. The number of anilines is 1. The van der Waals surface area contributed by atoms with Gasteiger partial charge in [0.25, 0.3) is 11.8 Å². The van der Waals surface area contributed by atoms with Crippen LogP contribution < -0.4 is 10.6 Å². The first kappa shape index (κ1) is 21.8. The zero-order chi connectivity index (χ0) is 21.9. The Labute approximate surface area is 177 Å². The molecule has 1 aliphatic carbocycles. The molecule has 0 atom stereocenters. The summed E-state index contributed by atoms with van der Waals surface area (Å²) in [4.78, 5) is 52.7. The van der Waals surface area contributed by atoms with E-state index in [1.165, 1.54) is 0 Å². The first-order valence-electron chi connectivity index (χ1n) is 10.6. The minimum Gasteiger partial charge on any atom is -0.339 e. The van der Waals surface area contributed by atoms with Crippen LogP contribution in [-0.2, 0) is 9.59 Å². The van der Waals surface area contributed by atoms with Crippen molar-refractivity contribution in [1.29, 1.82) is 0 Å². The lowest BCUT2D eigenvalue weighted by atomic mass is 9.77. The largest absolute Gasteiger partial charge is 0.339 e. The third kappa shape index (κ3) is 4.32. The molecule has 30 heavy (non-hydrogen) atoms. The molecule has 162 valence electrons. The fraction of sp³-hybridized carbons (Fsp3) is 0.545. The topological polar surface area (TPSA) is 98.8 Å². The molecule has 1 aromatic carbocycles. The number of benzene rings is 1. The van der Waals surface area contributed by atoms with E-state index >= 15 is 0 Å². The number of amides is 5. The number of carbonyl (C=O) groups is 4. The monoisotopic (exact) mass is 414 g/mol. The molecule has 0 unspecified atom stereocenters. The van der Waals surface area contributed by atoms with E-state index in [-0.39, 0.29) is 18.4 Å². The fourth-order valence-electron chi connectivity index (χ4n) is 4.15. The molecule has 1 heterocycles. The fourth-order valence-corrected chi connectivity index (χ4v) is 4.15. The van der Waals surface area contributed by atoms with Gasteiger partial charge in [-0.3, -0.25) is 19.3 Å². The Morgan fingerprint density at radius 1 is 1.13 bits per heavy atom. The molecule has 0 bridgehead atoms. The average molecular weight is 415 g/mol. The SMILES string of the molecule is CCN(CC)C(=O)c1ccc(NC(=O)CN2C(=O)NC3(CCC(C)CC3)C2=O)cc1. The van der Waals surface area contributed by atoms with Gasteiger partial charge in [0.05, 0.1) is 0 Å². The number of hydrogen-bond acceptors (Lipinski definition) is 4. The van der Waals surface area contributed by atoms with E-state index < -0.39 is 17.5 Å². The van der Waals surface area contributed by atoms with Gasteiger partial charge in [0.1, 0.15) is 12.1 Å². The molecule has 1 spiro atoms. The van der Waals surface area contributed by atoms with Crippen LogP contribution in [0.4, 0.5) is 10.5 Å². The highest BCUT2D eigenvalue weighted by molar-refractivity contribution is 6.10. The van der Waals surface area contributed by atoms with Crippen LogP contribution in [0.25, 0.3) is 0 Å². The zero-order valence-electron chi connectivity index (χ0n) is 17.9. The molecule has 8 nitrogen and oxygen atoms in total. The molecule has 1 aliphatic heterocycles. The van der Waals surface area contributed by atoms with Crippen LogP contribution in [0.15, 0.2) is 24.3 Å². The van der Waals surface area contributed by atoms with Crippen LogP contribution in [0.3, 0.4) is 0 Å². The van der Waals surface area contributed by atoms with Crippen molar-refractivity contribution in [3.8, 4) is 0 Å². The lowest BCUT2D eigenvalue weighted by molar-refractivity contribution is -0.135. The maximum atomic E-state index is 12.8. The van der Waals surface area contributed by atoms with Gasteiger partial charge in [-0.05, 0) is 69.7 Å². The zero-order valence-corrected chi connectivity index (χ0v) is 17.9.